The van der Waals surface area contributed by atoms with Crippen molar-refractivity contribution in [3.8, 4) is 0 Å². The molecule has 1 aliphatic heterocycles. The minimum atomic E-state index is 0.0506. The normalized spacial score (nSPS) is 15.4. The lowest BCUT2D eigenvalue weighted by atomic mass is 10.2. The Balaban J connectivity index is 1.88. The summed E-state index contributed by atoms with van der Waals surface area (Å²) in [6.07, 6.45) is 1.91. The summed E-state index contributed by atoms with van der Waals surface area (Å²) in [6, 6.07) is 0.261. The van der Waals surface area contributed by atoms with Crippen LogP contribution in [0.3, 0.4) is 0 Å². The van der Waals surface area contributed by atoms with Gasteiger partial charge in [0, 0.05) is 26.2 Å². The first kappa shape index (κ1) is 17.1. The number of carbonyl (C=O) groups is 1. The zero-order valence-electron chi connectivity index (χ0n) is 13.5. The third kappa shape index (κ3) is 4.36. The van der Waals surface area contributed by atoms with E-state index in [0.717, 1.165) is 37.0 Å². The number of amides is 1. The van der Waals surface area contributed by atoms with Gasteiger partial charge in [0.05, 0.1) is 19.0 Å². The van der Waals surface area contributed by atoms with E-state index >= 15 is 0 Å². The zero-order valence-corrected chi connectivity index (χ0v) is 14.4. The number of thioether (sulfide) groups is 1. The van der Waals surface area contributed by atoms with Crippen molar-refractivity contribution in [1.82, 2.24) is 20.1 Å². The van der Waals surface area contributed by atoms with Crippen LogP contribution < -0.4 is 10.2 Å². The number of morpholine rings is 1. The van der Waals surface area contributed by atoms with Gasteiger partial charge < -0.3 is 15.0 Å². The van der Waals surface area contributed by atoms with Gasteiger partial charge in [0.1, 0.15) is 0 Å². The molecule has 0 atom stereocenters. The molecule has 0 saturated carbocycles. The summed E-state index contributed by atoms with van der Waals surface area (Å²) in [5.74, 6) is 1.26. The van der Waals surface area contributed by atoms with Crippen molar-refractivity contribution in [2.24, 2.45) is 7.05 Å². The van der Waals surface area contributed by atoms with Gasteiger partial charge in [-0.05, 0) is 12.8 Å². The molecule has 22 heavy (non-hydrogen) atoms. The van der Waals surface area contributed by atoms with E-state index in [1.165, 1.54) is 11.8 Å². The van der Waals surface area contributed by atoms with Crippen molar-refractivity contribution in [2.75, 3.05) is 37.0 Å². The van der Waals surface area contributed by atoms with Crippen LogP contribution in [0.4, 0.5) is 5.95 Å². The SMILES string of the molecule is CCC(CC)NC(=O)CSc1nnc(N2CCOCC2)n1C. The van der Waals surface area contributed by atoms with Gasteiger partial charge in [-0.3, -0.25) is 9.36 Å². The minimum Gasteiger partial charge on any atom is -0.378 e. The van der Waals surface area contributed by atoms with Crippen molar-refractivity contribution in [2.45, 2.75) is 37.9 Å². The standard InChI is InChI=1S/C14H25N5O2S/c1-4-11(5-2)15-12(20)10-22-14-17-16-13(18(14)3)19-6-8-21-9-7-19/h11H,4-10H2,1-3H3,(H,15,20). The average Bonchev–Trinajstić information content (AvgIpc) is 2.92. The molecule has 1 fully saturated rings. The van der Waals surface area contributed by atoms with Crippen molar-refractivity contribution >= 4 is 23.6 Å². The number of hydrogen-bond acceptors (Lipinski definition) is 6. The highest BCUT2D eigenvalue weighted by Crippen LogP contribution is 2.20. The van der Waals surface area contributed by atoms with Gasteiger partial charge in [-0.1, -0.05) is 25.6 Å². The summed E-state index contributed by atoms with van der Waals surface area (Å²) in [7, 11) is 1.94. The van der Waals surface area contributed by atoms with E-state index in [4.69, 9.17) is 4.74 Å². The molecule has 0 radical (unpaired) electrons. The van der Waals surface area contributed by atoms with Gasteiger partial charge in [0.2, 0.25) is 11.9 Å². The lowest BCUT2D eigenvalue weighted by Gasteiger charge is -2.27. The molecule has 1 aromatic rings. The van der Waals surface area contributed by atoms with Crippen molar-refractivity contribution in [1.29, 1.82) is 0 Å². The first-order valence-corrected chi connectivity index (χ1v) is 8.78. The largest absolute Gasteiger partial charge is 0.378 e. The molecule has 0 aromatic carbocycles. The van der Waals surface area contributed by atoms with Crippen molar-refractivity contribution < 1.29 is 9.53 Å². The fourth-order valence-electron chi connectivity index (χ4n) is 2.36. The third-order valence-electron chi connectivity index (χ3n) is 3.79. The van der Waals surface area contributed by atoms with Gasteiger partial charge in [-0.25, -0.2) is 0 Å². The summed E-state index contributed by atoms with van der Waals surface area (Å²) in [5, 5.41) is 12.2. The Kier molecular flexibility index (Phi) is 6.50. The summed E-state index contributed by atoms with van der Waals surface area (Å²) in [4.78, 5) is 14.1. The maximum Gasteiger partial charge on any atom is 0.230 e. The molecular weight excluding hydrogens is 302 g/mol. The van der Waals surface area contributed by atoms with Gasteiger partial charge in [-0.2, -0.15) is 0 Å². The predicted molar refractivity (Wildman–Crippen MR) is 87.3 cm³/mol. The Morgan fingerprint density at radius 3 is 2.64 bits per heavy atom. The lowest BCUT2D eigenvalue weighted by molar-refractivity contribution is -0.119. The summed E-state index contributed by atoms with van der Waals surface area (Å²) in [6.45, 7) is 7.25. The molecular formula is C14H25N5O2S. The number of carbonyl (C=O) groups excluding carboxylic acids is 1. The van der Waals surface area contributed by atoms with E-state index in [1.54, 1.807) is 0 Å². The highest BCUT2D eigenvalue weighted by Gasteiger charge is 2.19. The quantitative estimate of drug-likeness (QED) is 0.755. The number of nitrogens with zero attached hydrogens (tertiary/aromatic N) is 4. The van der Waals surface area contributed by atoms with Crippen molar-refractivity contribution in [3.05, 3.63) is 0 Å². The molecule has 1 aromatic heterocycles. The Morgan fingerprint density at radius 1 is 1.32 bits per heavy atom. The average molecular weight is 327 g/mol. The van der Waals surface area contributed by atoms with E-state index < -0.39 is 0 Å². The molecule has 1 N–H and O–H groups in total. The summed E-state index contributed by atoms with van der Waals surface area (Å²) < 4.78 is 7.29. The van der Waals surface area contributed by atoms with E-state index in [-0.39, 0.29) is 11.9 Å². The molecule has 8 heteroatoms. The maximum atomic E-state index is 11.9. The van der Waals surface area contributed by atoms with E-state index in [1.807, 2.05) is 11.6 Å². The topological polar surface area (TPSA) is 72.3 Å². The van der Waals surface area contributed by atoms with E-state index in [0.29, 0.717) is 19.0 Å². The molecule has 124 valence electrons. The number of aromatic nitrogens is 3. The number of anilines is 1. The van der Waals surface area contributed by atoms with Crippen LogP contribution in [-0.2, 0) is 16.6 Å². The molecule has 1 saturated heterocycles. The Labute approximate surface area is 135 Å². The third-order valence-corrected chi connectivity index (χ3v) is 4.81. The number of nitrogens with one attached hydrogen (secondary N) is 1. The fourth-order valence-corrected chi connectivity index (χ4v) is 3.08. The van der Waals surface area contributed by atoms with Crippen LogP contribution in [0, 0.1) is 0 Å². The van der Waals surface area contributed by atoms with Gasteiger partial charge in [0.15, 0.2) is 5.16 Å². The first-order valence-electron chi connectivity index (χ1n) is 7.79. The molecule has 0 aliphatic carbocycles. The van der Waals surface area contributed by atoms with Crippen LogP contribution in [0.15, 0.2) is 5.16 Å². The Bertz CT molecular complexity index is 484. The smallest absolute Gasteiger partial charge is 0.230 e. The molecule has 0 unspecified atom stereocenters. The highest BCUT2D eigenvalue weighted by atomic mass is 32.2. The fraction of sp³-hybridized carbons (Fsp3) is 0.786. The number of hydrogen-bond donors (Lipinski definition) is 1. The zero-order chi connectivity index (χ0) is 15.9. The van der Waals surface area contributed by atoms with Crippen LogP contribution in [-0.4, -0.2) is 58.8 Å². The van der Waals surface area contributed by atoms with Crippen LogP contribution >= 0.6 is 11.8 Å². The molecule has 7 nitrogen and oxygen atoms in total. The summed E-state index contributed by atoms with van der Waals surface area (Å²) in [5.41, 5.74) is 0. The summed E-state index contributed by atoms with van der Waals surface area (Å²) >= 11 is 1.42. The molecule has 2 heterocycles. The molecule has 0 spiro atoms. The van der Waals surface area contributed by atoms with Gasteiger partial charge in [-0.15, -0.1) is 10.2 Å². The molecule has 1 amide bonds. The lowest BCUT2D eigenvalue weighted by Crippen LogP contribution is -2.37. The van der Waals surface area contributed by atoms with Crippen LogP contribution in [0.25, 0.3) is 0 Å². The Morgan fingerprint density at radius 2 is 2.00 bits per heavy atom. The molecule has 0 bridgehead atoms. The number of ether oxygens (including phenoxy) is 1. The van der Waals surface area contributed by atoms with E-state index in [9.17, 15) is 4.79 Å². The first-order chi connectivity index (χ1) is 10.7. The Hall–Kier alpha value is -1.28. The second-order valence-electron chi connectivity index (χ2n) is 5.31. The molecule has 1 aliphatic rings. The monoisotopic (exact) mass is 327 g/mol. The highest BCUT2D eigenvalue weighted by molar-refractivity contribution is 7.99. The van der Waals surface area contributed by atoms with Crippen molar-refractivity contribution in [3.63, 3.8) is 0 Å². The van der Waals surface area contributed by atoms with Gasteiger partial charge in [0.25, 0.3) is 0 Å². The molecule has 2 rings (SSSR count). The van der Waals surface area contributed by atoms with Crippen LogP contribution in [0.5, 0.6) is 0 Å². The second-order valence-corrected chi connectivity index (χ2v) is 6.25. The number of rotatable bonds is 7. The predicted octanol–water partition coefficient (Wildman–Crippen LogP) is 1.05. The second kappa shape index (κ2) is 8.38. The van der Waals surface area contributed by atoms with E-state index in [2.05, 4.69) is 34.3 Å². The van der Waals surface area contributed by atoms with Crippen LogP contribution in [0.2, 0.25) is 0 Å². The van der Waals surface area contributed by atoms with Crippen LogP contribution in [0.1, 0.15) is 26.7 Å². The maximum absolute atomic E-state index is 11.9. The van der Waals surface area contributed by atoms with Gasteiger partial charge >= 0.3 is 0 Å². The minimum absolute atomic E-state index is 0.0506.